The highest BCUT2D eigenvalue weighted by molar-refractivity contribution is 7.07. The summed E-state index contributed by atoms with van der Waals surface area (Å²) in [6.45, 7) is 4.60. The molecule has 0 unspecified atom stereocenters. The van der Waals surface area contributed by atoms with Crippen molar-refractivity contribution in [1.29, 1.82) is 0 Å². The zero-order chi connectivity index (χ0) is 14.0. The van der Waals surface area contributed by atoms with E-state index >= 15 is 0 Å². The molecule has 2 aromatic heterocycles. The normalized spacial score (nSPS) is 11.6. The molecule has 0 amide bonds. The van der Waals surface area contributed by atoms with Gasteiger partial charge in [-0.05, 0) is 40.9 Å². The van der Waals surface area contributed by atoms with E-state index in [0.717, 1.165) is 37.7 Å². The van der Waals surface area contributed by atoms with Crippen molar-refractivity contribution >= 4 is 17.3 Å². The van der Waals surface area contributed by atoms with Gasteiger partial charge < -0.3 is 15.1 Å². The Morgan fingerprint density at radius 1 is 1.30 bits per heavy atom. The highest BCUT2D eigenvalue weighted by Gasteiger charge is 2.00. The zero-order valence-electron chi connectivity index (χ0n) is 11.8. The van der Waals surface area contributed by atoms with Crippen molar-refractivity contribution in [3.05, 3.63) is 46.5 Å². The van der Waals surface area contributed by atoms with E-state index in [4.69, 9.17) is 4.42 Å². The highest BCUT2D eigenvalue weighted by Crippen LogP contribution is 2.06. The molecule has 4 nitrogen and oxygen atoms in total. The quantitative estimate of drug-likeness (QED) is 0.609. The summed E-state index contributed by atoms with van der Waals surface area (Å²) in [6.07, 6.45) is 3.64. The van der Waals surface area contributed by atoms with Crippen molar-refractivity contribution in [2.24, 2.45) is 4.99 Å². The third-order valence-corrected chi connectivity index (χ3v) is 3.52. The summed E-state index contributed by atoms with van der Waals surface area (Å²) in [5.74, 6) is 1.86. The smallest absolute Gasteiger partial charge is 0.191 e. The molecule has 0 atom stereocenters. The number of hydrogen-bond acceptors (Lipinski definition) is 3. The third-order valence-electron chi connectivity index (χ3n) is 2.79. The number of furan rings is 1. The molecular formula is C15H21N3OS. The predicted molar refractivity (Wildman–Crippen MR) is 84.2 cm³/mol. The van der Waals surface area contributed by atoms with Crippen LogP contribution in [0.3, 0.4) is 0 Å². The SMILES string of the molecule is CCCNC(=NCc1ccsc1)NCCc1ccco1. The van der Waals surface area contributed by atoms with Gasteiger partial charge in [0.1, 0.15) is 5.76 Å². The molecule has 2 N–H and O–H groups in total. The fourth-order valence-electron chi connectivity index (χ4n) is 1.73. The number of nitrogens with zero attached hydrogens (tertiary/aromatic N) is 1. The van der Waals surface area contributed by atoms with Crippen LogP contribution in [0.2, 0.25) is 0 Å². The van der Waals surface area contributed by atoms with Gasteiger partial charge in [0.15, 0.2) is 5.96 Å². The molecule has 0 aliphatic rings. The van der Waals surface area contributed by atoms with Crippen LogP contribution in [0.4, 0.5) is 0 Å². The molecule has 2 rings (SSSR count). The molecular weight excluding hydrogens is 270 g/mol. The van der Waals surface area contributed by atoms with Gasteiger partial charge in [0.25, 0.3) is 0 Å². The lowest BCUT2D eigenvalue weighted by molar-refractivity contribution is 0.506. The summed E-state index contributed by atoms with van der Waals surface area (Å²) in [6, 6.07) is 6.01. The van der Waals surface area contributed by atoms with Crippen LogP contribution in [-0.2, 0) is 13.0 Å². The van der Waals surface area contributed by atoms with Gasteiger partial charge in [-0.15, -0.1) is 0 Å². The van der Waals surface area contributed by atoms with Crippen molar-refractivity contribution in [3.63, 3.8) is 0 Å². The lowest BCUT2D eigenvalue weighted by Crippen LogP contribution is -2.38. The van der Waals surface area contributed by atoms with E-state index in [9.17, 15) is 0 Å². The molecule has 0 aliphatic carbocycles. The van der Waals surface area contributed by atoms with Gasteiger partial charge in [0, 0.05) is 19.5 Å². The summed E-state index contributed by atoms with van der Waals surface area (Å²) in [5, 5.41) is 10.9. The van der Waals surface area contributed by atoms with E-state index in [1.807, 2.05) is 12.1 Å². The van der Waals surface area contributed by atoms with Crippen LogP contribution in [0, 0.1) is 0 Å². The molecule has 2 heterocycles. The van der Waals surface area contributed by atoms with Crippen molar-refractivity contribution in [2.45, 2.75) is 26.3 Å². The Bertz CT molecular complexity index is 491. The maximum absolute atomic E-state index is 5.32. The molecule has 0 saturated carbocycles. The van der Waals surface area contributed by atoms with Gasteiger partial charge in [0.05, 0.1) is 12.8 Å². The van der Waals surface area contributed by atoms with Crippen LogP contribution >= 0.6 is 11.3 Å². The Hall–Kier alpha value is -1.75. The summed E-state index contributed by atoms with van der Waals surface area (Å²) in [7, 11) is 0. The summed E-state index contributed by atoms with van der Waals surface area (Å²) >= 11 is 1.70. The lowest BCUT2D eigenvalue weighted by Gasteiger charge is -2.11. The fourth-order valence-corrected chi connectivity index (χ4v) is 2.39. The molecule has 2 aromatic rings. The Balaban J connectivity index is 1.80. The maximum atomic E-state index is 5.32. The van der Waals surface area contributed by atoms with E-state index in [1.54, 1.807) is 17.6 Å². The summed E-state index contributed by atoms with van der Waals surface area (Å²) in [4.78, 5) is 4.59. The van der Waals surface area contributed by atoms with Gasteiger partial charge in [0.2, 0.25) is 0 Å². The fraction of sp³-hybridized carbons (Fsp3) is 0.400. The van der Waals surface area contributed by atoms with Crippen LogP contribution in [0.25, 0.3) is 0 Å². The molecule has 0 aliphatic heterocycles. The zero-order valence-corrected chi connectivity index (χ0v) is 12.6. The minimum absolute atomic E-state index is 0.712. The Morgan fingerprint density at radius 2 is 2.20 bits per heavy atom. The van der Waals surface area contributed by atoms with Gasteiger partial charge in [-0.2, -0.15) is 11.3 Å². The largest absolute Gasteiger partial charge is 0.469 e. The number of rotatable bonds is 7. The van der Waals surface area contributed by atoms with E-state index in [1.165, 1.54) is 5.56 Å². The van der Waals surface area contributed by atoms with Crippen molar-refractivity contribution in [3.8, 4) is 0 Å². The minimum Gasteiger partial charge on any atom is -0.469 e. The molecule has 5 heteroatoms. The maximum Gasteiger partial charge on any atom is 0.191 e. The van der Waals surface area contributed by atoms with Crippen LogP contribution in [-0.4, -0.2) is 19.0 Å². The molecule has 0 bridgehead atoms. The standard InChI is InChI=1S/C15H21N3OS/c1-2-7-16-15(18-11-13-6-10-20-12-13)17-8-5-14-4-3-9-19-14/h3-4,6,9-10,12H,2,5,7-8,11H2,1H3,(H2,16,17,18). The average Bonchev–Trinajstić information content (AvgIpc) is 3.14. The predicted octanol–water partition coefficient (Wildman–Crippen LogP) is 3.03. The molecule has 0 saturated heterocycles. The van der Waals surface area contributed by atoms with Crippen molar-refractivity contribution < 1.29 is 4.42 Å². The first-order chi connectivity index (χ1) is 9.88. The first-order valence-electron chi connectivity index (χ1n) is 6.94. The summed E-state index contributed by atoms with van der Waals surface area (Å²) in [5.41, 5.74) is 1.25. The second kappa shape index (κ2) is 8.43. The number of nitrogens with one attached hydrogen (secondary N) is 2. The minimum atomic E-state index is 0.712. The Labute approximate surface area is 123 Å². The number of hydrogen-bond donors (Lipinski definition) is 2. The molecule has 0 spiro atoms. The van der Waals surface area contributed by atoms with E-state index in [2.05, 4.69) is 39.4 Å². The summed E-state index contributed by atoms with van der Waals surface area (Å²) < 4.78 is 5.32. The number of thiophene rings is 1. The topological polar surface area (TPSA) is 49.6 Å². The van der Waals surface area contributed by atoms with Gasteiger partial charge in [-0.1, -0.05) is 6.92 Å². The lowest BCUT2D eigenvalue weighted by atomic mass is 10.3. The number of guanidine groups is 1. The van der Waals surface area contributed by atoms with Crippen molar-refractivity contribution in [1.82, 2.24) is 10.6 Å². The molecule has 20 heavy (non-hydrogen) atoms. The van der Waals surface area contributed by atoms with Gasteiger partial charge >= 0.3 is 0 Å². The number of aliphatic imine (C=N–C) groups is 1. The first-order valence-corrected chi connectivity index (χ1v) is 7.88. The van der Waals surface area contributed by atoms with Gasteiger partial charge in [-0.3, -0.25) is 0 Å². The van der Waals surface area contributed by atoms with Crippen molar-refractivity contribution in [2.75, 3.05) is 13.1 Å². The Kier molecular flexibility index (Phi) is 6.17. The van der Waals surface area contributed by atoms with Crippen LogP contribution in [0.5, 0.6) is 0 Å². The highest BCUT2D eigenvalue weighted by atomic mass is 32.1. The van der Waals surface area contributed by atoms with E-state index in [0.29, 0.717) is 6.54 Å². The van der Waals surface area contributed by atoms with Gasteiger partial charge in [-0.25, -0.2) is 4.99 Å². The van der Waals surface area contributed by atoms with E-state index < -0.39 is 0 Å². The molecule has 0 aromatic carbocycles. The van der Waals surface area contributed by atoms with Crippen LogP contribution in [0.15, 0.2) is 44.6 Å². The monoisotopic (exact) mass is 291 g/mol. The second-order valence-electron chi connectivity index (χ2n) is 4.48. The first kappa shape index (κ1) is 14.7. The van der Waals surface area contributed by atoms with E-state index in [-0.39, 0.29) is 0 Å². The van der Waals surface area contributed by atoms with Crippen LogP contribution in [0.1, 0.15) is 24.7 Å². The molecule has 0 fully saturated rings. The molecule has 108 valence electrons. The second-order valence-corrected chi connectivity index (χ2v) is 5.26. The molecule has 0 radical (unpaired) electrons. The van der Waals surface area contributed by atoms with Crippen LogP contribution < -0.4 is 10.6 Å². The average molecular weight is 291 g/mol. The Morgan fingerprint density at radius 3 is 2.90 bits per heavy atom. The third kappa shape index (κ3) is 5.09.